The van der Waals surface area contributed by atoms with Gasteiger partial charge in [-0.15, -0.1) is 12.4 Å². The summed E-state index contributed by atoms with van der Waals surface area (Å²) in [6.07, 6.45) is 0.849. The number of fused-ring (bicyclic) bond motifs is 1. The van der Waals surface area contributed by atoms with Gasteiger partial charge in [0.1, 0.15) is 23.5 Å². The second-order valence-corrected chi connectivity index (χ2v) is 8.84. The third-order valence-electron chi connectivity index (χ3n) is 6.48. The van der Waals surface area contributed by atoms with Gasteiger partial charge in [0.05, 0.1) is 43.6 Å². The highest BCUT2D eigenvalue weighted by atomic mass is 35.5. The van der Waals surface area contributed by atoms with Crippen LogP contribution < -0.4 is 15.2 Å². The van der Waals surface area contributed by atoms with Crippen molar-refractivity contribution in [1.29, 1.82) is 5.26 Å². The Hall–Kier alpha value is -4.11. The number of nitrogens with one attached hydrogen (secondary N) is 1. The van der Waals surface area contributed by atoms with E-state index in [1.807, 2.05) is 0 Å². The topological polar surface area (TPSA) is 143 Å². The minimum Gasteiger partial charge on any atom is -0.508 e. The Bertz CT molecular complexity index is 1520. The molecular formula is C27H28ClFN6O4. The molecule has 0 amide bonds. The van der Waals surface area contributed by atoms with Crippen molar-refractivity contribution in [2.45, 2.75) is 6.42 Å². The van der Waals surface area contributed by atoms with E-state index in [-0.39, 0.29) is 46.4 Å². The molecule has 0 unspecified atom stereocenters. The maximum absolute atomic E-state index is 14.8. The van der Waals surface area contributed by atoms with Gasteiger partial charge in [0.15, 0.2) is 17.1 Å². The number of H-pyrrole nitrogens is 1. The summed E-state index contributed by atoms with van der Waals surface area (Å²) in [5.74, 6) is 0.301. The van der Waals surface area contributed by atoms with E-state index >= 15 is 0 Å². The molecule has 1 aliphatic heterocycles. The van der Waals surface area contributed by atoms with Gasteiger partial charge < -0.3 is 25.1 Å². The summed E-state index contributed by atoms with van der Waals surface area (Å²) in [6.45, 7) is 4.78. The highest BCUT2D eigenvalue weighted by Crippen LogP contribution is 2.41. The van der Waals surface area contributed by atoms with Crippen LogP contribution in [0.25, 0.3) is 33.4 Å². The van der Waals surface area contributed by atoms with E-state index in [1.54, 1.807) is 18.2 Å². The lowest BCUT2D eigenvalue weighted by molar-refractivity contribution is 0.0357. The molecule has 0 radical (unpaired) electrons. The first kappa shape index (κ1) is 27.9. The van der Waals surface area contributed by atoms with Crippen LogP contribution in [0.1, 0.15) is 12.0 Å². The van der Waals surface area contributed by atoms with E-state index < -0.39 is 5.82 Å². The Morgan fingerprint density at radius 3 is 2.72 bits per heavy atom. The van der Waals surface area contributed by atoms with Gasteiger partial charge in [0.25, 0.3) is 0 Å². The normalized spacial score (nSPS) is 13.6. The molecule has 0 aliphatic carbocycles. The second-order valence-electron chi connectivity index (χ2n) is 8.84. The zero-order chi connectivity index (χ0) is 26.6. The van der Waals surface area contributed by atoms with Crippen molar-refractivity contribution in [1.82, 2.24) is 20.1 Å². The number of ether oxygens (including phenoxy) is 3. The van der Waals surface area contributed by atoms with E-state index in [4.69, 9.17) is 19.9 Å². The number of aromatic amines is 1. The van der Waals surface area contributed by atoms with Gasteiger partial charge in [-0.2, -0.15) is 10.4 Å². The Labute approximate surface area is 230 Å². The van der Waals surface area contributed by atoms with Crippen molar-refractivity contribution in [3.8, 4) is 45.7 Å². The number of nitrogens with zero attached hydrogens (tertiary/aromatic N) is 4. The lowest BCUT2D eigenvalue weighted by Crippen LogP contribution is -2.37. The molecule has 2 aromatic carbocycles. The van der Waals surface area contributed by atoms with Gasteiger partial charge in [0, 0.05) is 36.8 Å². The molecular weight excluding hydrogens is 527 g/mol. The number of aromatic hydroxyl groups is 1. The molecule has 3 heterocycles. The Balaban J connectivity index is 0.00000353. The monoisotopic (exact) mass is 554 g/mol. The van der Waals surface area contributed by atoms with E-state index in [1.165, 1.54) is 19.2 Å². The molecule has 0 bridgehead atoms. The molecule has 4 N–H and O–H groups in total. The average Bonchev–Trinajstić information content (AvgIpc) is 3.30. The van der Waals surface area contributed by atoms with Crippen LogP contribution in [0.3, 0.4) is 0 Å². The van der Waals surface area contributed by atoms with Crippen LogP contribution in [0.2, 0.25) is 0 Å². The van der Waals surface area contributed by atoms with Crippen LogP contribution >= 0.6 is 12.4 Å². The number of halogens is 2. The first-order valence-electron chi connectivity index (χ1n) is 12.2. The molecule has 5 rings (SSSR count). The van der Waals surface area contributed by atoms with E-state index in [0.717, 1.165) is 45.3 Å². The Morgan fingerprint density at radius 1 is 1.21 bits per heavy atom. The number of nitrogen functional groups attached to an aromatic ring is 1. The fourth-order valence-electron chi connectivity index (χ4n) is 4.60. The molecule has 0 saturated carbocycles. The average molecular weight is 555 g/mol. The van der Waals surface area contributed by atoms with Crippen molar-refractivity contribution in [3.05, 3.63) is 47.8 Å². The lowest BCUT2D eigenvalue weighted by Gasteiger charge is -2.26. The standard InChI is InChI=1S/C27H27FN6O4.ClH/c1-36-22-13-16(3-6-21(22)38-10-2-7-34-8-11-37-12-9-34)23-19(15-29)25(18-5-4-17(35)14-20(18)28)31-27-24(23)26(30)32-33-27;/h3-6,13-14,35H,2,7-12H2,1H3,(H3,30,31,32,33);1H. The molecule has 1 saturated heterocycles. The van der Waals surface area contributed by atoms with Crippen LogP contribution in [-0.2, 0) is 4.74 Å². The molecule has 204 valence electrons. The highest BCUT2D eigenvalue weighted by molar-refractivity contribution is 6.04. The summed E-state index contributed by atoms with van der Waals surface area (Å²) in [5, 5.41) is 27.1. The molecule has 39 heavy (non-hydrogen) atoms. The molecule has 0 spiro atoms. The highest BCUT2D eigenvalue weighted by Gasteiger charge is 2.24. The van der Waals surface area contributed by atoms with Gasteiger partial charge in [-0.3, -0.25) is 10.00 Å². The maximum atomic E-state index is 14.8. The van der Waals surface area contributed by atoms with Crippen LogP contribution in [-0.4, -0.2) is 71.8 Å². The summed E-state index contributed by atoms with van der Waals surface area (Å²) >= 11 is 0. The summed E-state index contributed by atoms with van der Waals surface area (Å²) in [7, 11) is 1.54. The molecule has 12 heteroatoms. The number of aromatic nitrogens is 3. The van der Waals surface area contributed by atoms with Gasteiger partial charge in [0.2, 0.25) is 0 Å². The summed E-state index contributed by atoms with van der Waals surface area (Å²) < 4.78 is 31.8. The van der Waals surface area contributed by atoms with Gasteiger partial charge >= 0.3 is 0 Å². The zero-order valence-corrected chi connectivity index (χ0v) is 22.1. The number of phenols is 1. The Morgan fingerprint density at radius 2 is 2.00 bits per heavy atom. The summed E-state index contributed by atoms with van der Waals surface area (Å²) in [6, 6.07) is 11.1. The van der Waals surface area contributed by atoms with Gasteiger partial charge in [-0.1, -0.05) is 6.07 Å². The SMILES string of the molecule is COc1cc(-c2c(C#N)c(-c3ccc(O)cc3F)nc3n[nH]c(N)c23)ccc1OCCCN1CCOCC1.Cl. The zero-order valence-electron chi connectivity index (χ0n) is 21.2. The molecule has 1 fully saturated rings. The molecule has 1 aliphatic rings. The molecule has 4 aromatic rings. The quantitative estimate of drug-likeness (QED) is 0.274. The predicted octanol–water partition coefficient (Wildman–Crippen LogP) is 4.12. The summed E-state index contributed by atoms with van der Waals surface area (Å²) in [5.41, 5.74) is 7.68. The number of phenolic OH excluding ortho intramolecular Hbond substituents is 1. The number of anilines is 1. The number of nitriles is 1. The van der Waals surface area contributed by atoms with Gasteiger partial charge in [-0.05, 0) is 36.2 Å². The number of benzene rings is 2. The van der Waals surface area contributed by atoms with E-state index in [9.17, 15) is 14.8 Å². The number of pyridine rings is 1. The van der Waals surface area contributed by atoms with Crippen LogP contribution in [0.15, 0.2) is 36.4 Å². The minimum atomic E-state index is -0.721. The van der Waals surface area contributed by atoms with Crippen LogP contribution in [0.5, 0.6) is 17.2 Å². The minimum absolute atomic E-state index is 0. The number of nitrogens with two attached hydrogens (primary N) is 1. The van der Waals surface area contributed by atoms with E-state index in [0.29, 0.717) is 34.6 Å². The van der Waals surface area contributed by atoms with Crippen molar-refractivity contribution in [3.63, 3.8) is 0 Å². The molecule has 0 atom stereocenters. The van der Waals surface area contributed by atoms with Crippen molar-refractivity contribution in [2.24, 2.45) is 0 Å². The largest absolute Gasteiger partial charge is 0.508 e. The number of hydrogen-bond acceptors (Lipinski definition) is 9. The fraction of sp³-hybridized carbons (Fsp3) is 0.296. The smallest absolute Gasteiger partial charge is 0.184 e. The van der Waals surface area contributed by atoms with Crippen LogP contribution in [0.4, 0.5) is 10.2 Å². The first-order valence-corrected chi connectivity index (χ1v) is 12.2. The fourth-order valence-corrected chi connectivity index (χ4v) is 4.60. The number of morpholine rings is 1. The van der Waals surface area contributed by atoms with Crippen molar-refractivity contribution < 1.29 is 23.7 Å². The predicted molar refractivity (Wildman–Crippen MR) is 147 cm³/mol. The molecule has 2 aromatic heterocycles. The third kappa shape index (κ3) is 5.68. The van der Waals surface area contributed by atoms with Gasteiger partial charge in [-0.25, -0.2) is 9.37 Å². The first-order chi connectivity index (χ1) is 18.5. The molecule has 10 nitrogen and oxygen atoms in total. The Kier molecular flexibility index (Phi) is 8.71. The third-order valence-corrected chi connectivity index (χ3v) is 6.48. The number of methoxy groups -OCH3 is 1. The second kappa shape index (κ2) is 12.2. The maximum Gasteiger partial charge on any atom is 0.184 e. The van der Waals surface area contributed by atoms with E-state index in [2.05, 4.69) is 26.2 Å². The lowest BCUT2D eigenvalue weighted by atomic mass is 9.93. The summed E-state index contributed by atoms with van der Waals surface area (Å²) in [4.78, 5) is 6.77. The van der Waals surface area contributed by atoms with Crippen molar-refractivity contribution in [2.75, 3.05) is 52.3 Å². The number of hydrogen-bond donors (Lipinski definition) is 3. The van der Waals surface area contributed by atoms with Crippen LogP contribution in [0, 0.1) is 17.1 Å². The number of rotatable bonds is 8. The van der Waals surface area contributed by atoms with Crippen molar-refractivity contribution >= 4 is 29.3 Å².